The third-order valence-corrected chi connectivity index (χ3v) is 9.43. The number of amides is 2. The Balaban J connectivity index is 1.42. The Labute approximate surface area is 177 Å². The lowest BCUT2D eigenvalue weighted by Gasteiger charge is -2.25. The van der Waals surface area contributed by atoms with Gasteiger partial charge in [-0.25, -0.2) is 9.19 Å². The molecule has 1 saturated carbocycles. The van der Waals surface area contributed by atoms with Crippen LogP contribution in [0.1, 0.15) is 56.4 Å². The second kappa shape index (κ2) is 7.98. The molecule has 0 N–H and O–H groups in total. The third kappa shape index (κ3) is 4.66. The highest BCUT2D eigenvalue weighted by Crippen LogP contribution is 2.52. The van der Waals surface area contributed by atoms with E-state index in [-0.39, 0.29) is 28.7 Å². The number of piperidine rings is 1. The van der Waals surface area contributed by atoms with E-state index in [0.29, 0.717) is 25.3 Å². The topological polar surface area (TPSA) is 82.9 Å². The minimum absolute atomic E-state index is 0.0819. The van der Waals surface area contributed by atoms with Crippen LogP contribution in [0.5, 0.6) is 0 Å². The summed E-state index contributed by atoms with van der Waals surface area (Å²) in [4.78, 5) is 33.8. The summed E-state index contributed by atoms with van der Waals surface area (Å²) >= 11 is 1.45. The van der Waals surface area contributed by atoms with Gasteiger partial charge in [-0.3, -0.25) is 9.59 Å². The third-order valence-electron chi connectivity index (χ3n) is 6.28. The van der Waals surface area contributed by atoms with Crippen molar-refractivity contribution in [1.29, 1.82) is 0 Å². The van der Waals surface area contributed by atoms with Gasteiger partial charge in [-0.2, -0.15) is 4.36 Å². The molecule has 9 heteroatoms. The Bertz CT molecular complexity index is 911. The Morgan fingerprint density at radius 1 is 1.14 bits per heavy atom. The Morgan fingerprint density at radius 3 is 2.55 bits per heavy atom. The van der Waals surface area contributed by atoms with Gasteiger partial charge in [0.1, 0.15) is 5.69 Å². The molecule has 0 bridgehead atoms. The first-order valence-corrected chi connectivity index (χ1v) is 13.3. The number of thiazole rings is 1. The normalized spacial score (nSPS) is 29.2. The largest absolute Gasteiger partial charge is 0.348 e. The Hall–Kier alpha value is -1.48. The second-order valence-corrected chi connectivity index (χ2v) is 12.4. The van der Waals surface area contributed by atoms with Crippen molar-refractivity contribution in [2.24, 2.45) is 15.7 Å². The van der Waals surface area contributed by atoms with Gasteiger partial charge in [-0.1, -0.05) is 13.8 Å². The minimum atomic E-state index is -2.66. The summed E-state index contributed by atoms with van der Waals surface area (Å²) in [6.07, 6.45) is 5.07. The van der Waals surface area contributed by atoms with Crippen LogP contribution < -0.4 is 4.90 Å². The minimum Gasteiger partial charge on any atom is -0.348 e. The SMILES string of the molecule is CC1(C)CC1C(=O)N1CCCS(=O)(=NC(=O)c2csc(N3CCCCC3)n2)CC1. The molecular weight excluding hydrogens is 408 g/mol. The average molecular weight is 439 g/mol. The molecular formula is C20H30N4O3S2. The van der Waals surface area contributed by atoms with Crippen LogP contribution in [0.15, 0.2) is 9.74 Å². The summed E-state index contributed by atoms with van der Waals surface area (Å²) in [5, 5.41) is 2.57. The van der Waals surface area contributed by atoms with Crippen molar-refractivity contribution in [2.75, 3.05) is 42.6 Å². The van der Waals surface area contributed by atoms with Crippen molar-refractivity contribution in [3.8, 4) is 0 Å². The highest BCUT2D eigenvalue weighted by atomic mass is 32.2. The molecule has 1 aromatic rings. The maximum absolute atomic E-state index is 13.2. The van der Waals surface area contributed by atoms with E-state index in [9.17, 15) is 13.8 Å². The monoisotopic (exact) mass is 438 g/mol. The van der Waals surface area contributed by atoms with Crippen LogP contribution in [-0.2, 0) is 14.5 Å². The summed E-state index contributed by atoms with van der Waals surface area (Å²) in [6, 6.07) is 0. The molecule has 3 aliphatic rings. The lowest BCUT2D eigenvalue weighted by molar-refractivity contribution is -0.133. The van der Waals surface area contributed by atoms with Crippen molar-refractivity contribution in [3.63, 3.8) is 0 Å². The van der Waals surface area contributed by atoms with E-state index >= 15 is 0 Å². The summed E-state index contributed by atoms with van der Waals surface area (Å²) in [5.74, 6) is 0.382. The lowest BCUT2D eigenvalue weighted by Crippen LogP contribution is -2.35. The van der Waals surface area contributed by atoms with Gasteiger partial charge in [0.05, 0.1) is 9.73 Å². The van der Waals surface area contributed by atoms with Crippen LogP contribution in [0, 0.1) is 11.3 Å². The maximum atomic E-state index is 13.2. The fourth-order valence-corrected chi connectivity index (χ4v) is 6.88. The summed E-state index contributed by atoms with van der Waals surface area (Å²) < 4.78 is 17.4. The molecule has 1 aromatic heterocycles. The summed E-state index contributed by atoms with van der Waals surface area (Å²) in [5.41, 5.74) is 0.372. The van der Waals surface area contributed by atoms with Crippen molar-refractivity contribution in [1.82, 2.24) is 9.88 Å². The number of hydrogen-bond acceptors (Lipinski definition) is 6. The predicted molar refractivity (Wildman–Crippen MR) is 116 cm³/mol. The van der Waals surface area contributed by atoms with Crippen molar-refractivity contribution in [3.05, 3.63) is 11.1 Å². The molecule has 2 saturated heterocycles. The highest BCUT2D eigenvalue weighted by Gasteiger charge is 2.52. The average Bonchev–Trinajstić information content (AvgIpc) is 3.14. The van der Waals surface area contributed by atoms with E-state index in [1.54, 1.807) is 5.38 Å². The summed E-state index contributed by atoms with van der Waals surface area (Å²) in [7, 11) is -2.66. The van der Waals surface area contributed by atoms with Gasteiger partial charge in [0.2, 0.25) is 5.91 Å². The molecule has 1 aliphatic carbocycles. The van der Waals surface area contributed by atoms with Crippen LogP contribution in [0.4, 0.5) is 5.13 Å². The van der Waals surface area contributed by atoms with Gasteiger partial charge in [0.15, 0.2) is 5.13 Å². The van der Waals surface area contributed by atoms with Crippen molar-refractivity contribution in [2.45, 2.75) is 46.0 Å². The molecule has 29 heavy (non-hydrogen) atoms. The maximum Gasteiger partial charge on any atom is 0.304 e. The Morgan fingerprint density at radius 2 is 1.86 bits per heavy atom. The van der Waals surface area contributed by atoms with Gasteiger partial charge in [-0.05, 0) is 37.5 Å². The fourth-order valence-electron chi connectivity index (χ4n) is 4.16. The molecule has 0 spiro atoms. The lowest BCUT2D eigenvalue weighted by atomic mass is 10.1. The van der Waals surface area contributed by atoms with Crippen LogP contribution in [0.2, 0.25) is 0 Å². The molecule has 7 nitrogen and oxygen atoms in total. The molecule has 3 fully saturated rings. The number of nitrogens with zero attached hydrogens (tertiary/aromatic N) is 4. The smallest absolute Gasteiger partial charge is 0.304 e. The second-order valence-electron chi connectivity index (χ2n) is 9.06. The van der Waals surface area contributed by atoms with E-state index < -0.39 is 15.6 Å². The van der Waals surface area contributed by atoms with Gasteiger partial charge < -0.3 is 9.80 Å². The molecule has 0 aromatic carbocycles. The zero-order valence-corrected chi connectivity index (χ0v) is 18.9. The predicted octanol–water partition coefficient (Wildman–Crippen LogP) is 3.02. The van der Waals surface area contributed by atoms with Gasteiger partial charge in [0, 0.05) is 49.0 Å². The van der Waals surface area contributed by atoms with Crippen molar-refractivity contribution >= 4 is 38.0 Å². The number of anilines is 1. The molecule has 3 heterocycles. The number of carbonyl (C=O) groups excluding carboxylic acids is 2. The first-order valence-electron chi connectivity index (χ1n) is 10.5. The zero-order valence-electron chi connectivity index (χ0n) is 17.3. The number of aromatic nitrogens is 1. The first-order chi connectivity index (χ1) is 13.8. The van der Waals surface area contributed by atoms with Crippen LogP contribution in [0.3, 0.4) is 0 Å². The van der Waals surface area contributed by atoms with Crippen LogP contribution in [0.25, 0.3) is 0 Å². The molecule has 0 radical (unpaired) electrons. The van der Waals surface area contributed by atoms with E-state index in [1.807, 2.05) is 4.90 Å². The van der Waals surface area contributed by atoms with Gasteiger partial charge in [0.25, 0.3) is 0 Å². The number of carbonyl (C=O) groups is 2. The standard InChI is InChI=1S/C20H30N4O3S2/c1-20(2)13-15(20)18(26)23-9-6-11-29(27,12-10-23)22-17(25)16-14-28-19(21-16)24-7-4-3-5-8-24/h14-15H,3-13H2,1-2H3. The van der Waals surface area contributed by atoms with E-state index in [0.717, 1.165) is 37.5 Å². The van der Waals surface area contributed by atoms with E-state index in [2.05, 4.69) is 28.1 Å². The van der Waals surface area contributed by atoms with E-state index in [4.69, 9.17) is 0 Å². The van der Waals surface area contributed by atoms with Gasteiger partial charge in [-0.15, -0.1) is 11.3 Å². The number of hydrogen-bond donors (Lipinski definition) is 0. The van der Waals surface area contributed by atoms with Crippen LogP contribution in [-0.4, -0.2) is 63.6 Å². The fraction of sp³-hybridized carbons (Fsp3) is 0.750. The van der Waals surface area contributed by atoms with E-state index in [1.165, 1.54) is 17.8 Å². The zero-order chi connectivity index (χ0) is 20.6. The summed E-state index contributed by atoms with van der Waals surface area (Å²) in [6.45, 7) is 7.17. The molecule has 2 atom stereocenters. The van der Waals surface area contributed by atoms with Crippen molar-refractivity contribution < 1.29 is 13.8 Å². The van der Waals surface area contributed by atoms with Gasteiger partial charge >= 0.3 is 5.91 Å². The van der Waals surface area contributed by atoms with Crippen LogP contribution >= 0.6 is 11.3 Å². The first kappa shape index (κ1) is 20.8. The molecule has 2 aliphatic heterocycles. The number of rotatable bonds is 3. The molecule has 4 rings (SSSR count). The molecule has 160 valence electrons. The quantitative estimate of drug-likeness (QED) is 0.724. The highest BCUT2D eigenvalue weighted by molar-refractivity contribution is 7.93. The molecule has 2 unspecified atom stereocenters. The molecule has 2 amide bonds. The Kier molecular flexibility index (Phi) is 5.72.